The van der Waals surface area contributed by atoms with Crippen molar-refractivity contribution in [2.45, 2.75) is 6.18 Å². The quantitative estimate of drug-likeness (QED) is 0.478. The van der Waals surface area contributed by atoms with E-state index in [0.29, 0.717) is 11.5 Å². The van der Waals surface area contributed by atoms with Crippen LogP contribution in [0.1, 0.15) is 5.56 Å². The number of rotatable bonds is 2. The second-order valence-corrected chi connectivity index (χ2v) is 5.52. The predicted octanol–water partition coefficient (Wildman–Crippen LogP) is 5.58. The van der Waals surface area contributed by atoms with Gasteiger partial charge in [-0.1, -0.05) is 53.7 Å². The van der Waals surface area contributed by atoms with Gasteiger partial charge in [0.2, 0.25) is 5.82 Å². The zero-order valence-corrected chi connectivity index (χ0v) is 12.8. The van der Waals surface area contributed by atoms with Gasteiger partial charge in [0.05, 0.1) is 5.56 Å². The summed E-state index contributed by atoms with van der Waals surface area (Å²) in [6.45, 7) is 0. The molecule has 3 aromatic carbocycles. The molecule has 0 saturated heterocycles. The van der Waals surface area contributed by atoms with Gasteiger partial charge in [0.15, 0.2) is 0 Å². The first kappa shape index (κ1) is 15.4. The number of hydrogen-bond donors (Lipinski definition) is 0. The van der Waals surface area contributed by atoms with Gasteiger partial charge < -0.3 is 4.52 Å². The van der Waals surface area contributed by atoms with E-state index in [4.69, 9.17) is 4.52 Å². The number of halogens is 3. The van der Waals surface area contributed by atoms with E-state index in [-0.39, 0.29) is 5.82 Å². The molecular formula is C19H11F3N2O. The van der Waals surface area contributed by atoms with Crippen LogP contribution in [0, 0.1) is 0 Å². The lowest BCUT2D eigenvalue weighted by Crippen LogP contribution is -2.04. The van der Waals surface area contributed by atoms with E-state index in [0.717, 1.165) is 28.5 Å². The maximum Gasteiger partial charge on any atom is 0.416 e. The summed E-state index contributed by atoms with van der Waals surface area (Å²) in [6.07, 6.45) is -4.37. The number of nitrogens with zero attached hydrogens (tertiary/aromatic N) is 2. The molecule has 0 atom stereocenters. The van der Waals surface area contributed by atoms with Crippen LogP contribution in [0.15, 0.2) is 71.3 Å². The van der Waals surface area contributed by atoms with E-state index < -0.39 is 11.7 Å². The minimum absolute atomic E-state index is 0.247. The molecule has 4 rings (SSSR count). The molecule has 0 saturated carbocycles. The summed E-state index contributed by atoms with van der Waals surface area (Å²) in [5, 5.41) is 5.90. The Morgan fingerprint density at radius 3 is 2.28 bits per heavy atom. The third kappa shape index (κ3) is 2.87. The lowest BCUT2D eigenvalue weighted by molar-refractivity contribution is -0.137. The van der Waals surface area contributed by atoms with E-state index in [1.165, 1.54) is 12.1 Å². The van der Waals surface area contributed by atoms with Crippen molar-refractivity contribution in [2.24, 2.45) is 0 Å². The fourth-order valence-electron chi connectivity index (χ4n) is 2.67. The summed E-state index contributed by atoms with van der Waals surface area (Å²) < 4.78 is 43.3. The molecule has 0 bridgehead atoms. The van der Waals surface area contributed by atoms with Crippen molar-refractivity contribution in [2.75, 3.05) is 0 Å². The van der Waals surface area contributed by atoms with Gasteiger partial charge in [-0.3, -0.25) is 0 Å². The molecule has 0 aliphatic carbocycles. The summed E-state index contributed by atoms with van der Waals surface area (Å²) >= 11 is 0. The maximum absolute atomic E-state index is 12.6. The Bertz CT molecular complexity index is 1030. The summed E-state index contributed by atoms with van der Waals surface area (Å²) in [7, 11) is 0. The molecule has 0 unspecified atom stereocenters. The van der Waals surface area contributed by atoms with Gasteiger partial charge in [0.1, 0.15) is 0 Å². The molecule has 1 aromatic heterocycles. The third-order valence-electron chi connectivity index (χ3n) is 3.92. The van der Waals surface area contributed by atoms with Crippen LogP contribution >= 0.6 is 0 Å². The molecule has 6 heteroatoms. The number of fused-ring (bicyclic) bond motifs is 1. The molecule has 0 N–H and O–H groups in total. The van der Waals surface area contributed by atoms with Gasteiger partial charge in [-0.05, 0) is 29.0 Å². The first-order chi connectivity index (χ1) is 12.0. The van der Waals surface area contributed by atoms with Crippen LogP contribution in [-0.2, 0) is 6.18 Å². The van der Waals surface area contributed by atoms with Crippen LogP contribution in [0.2, 0.25) is 0 Å². The van der Waals surface area contributed by atoms with Gasteiger partial charge in [-0.2, -0.15) is 18.2 Å². The molecule has 0 radical (unpaired) electrons. The van der Waals surface area contributed by atoms with Crippen molar-refractivity contribution in [1.29, 1.82) is 0 Å². The van der Waals surface area contributed by atoms with Crippen LogP contribution in [0.25, 0.3) is 33.6 Å². The minimum atomic E-state index is -4.37. The fourth-order valence-corrected chi connectivity index (χ4v) is 2.67. The molecule has 0 aliphatic heterocycles. The first-order valence-corrected chi connectivity index (χ1v) is 7.52. The Kier molecular flexibility index (Phi) is 3.53. The Morgan fingerprint density at radius 2 is 1.52 bits per heavy atom. The van der Waals surface area contributed by atoms with Crippen molar-refractivity contribution in [1.82, 2.24) is 10.1 Å². The molecule has 0 fully saturated rings. The highest BCUT2D eigenvalue weighted by Crippen LogP contribution is 2.32. The van der Waals surface area contributed by atoms with E-state index in [1.54, 1.807) is 0 Å². The fraction of sp³-hybridized carbons (Fsp3) is 0.0526. The predicted molar refractivity (Wildman–Crippen MR) is 87.7 cm³/mol. The topological polar surface area (TPSA) is 38.9 Å². The van der Waals surface area contributed by atoms with E-state index in [1.807, 2.05) is 42.5 Å². The molecule has 124 valence electrons. The average Bonchev–Trinajstić information content (AvgIpc) is 3.10. The van der Waals surface area contributed by atoms with Gasteiger partial charge in [0, 0.05) is 11.1 Å². The van der Waals surface area contributed by atoms with Crippen molar-refractivity contribution >= 4 is 10.8 Å². The zero-order valence-electron chi connectivity index (χ0n) is 12.8. The molecule has 3 nitrogen and oxygen atoms in total. The van der Waals surface area contributed by atoms with Crippen LogP contribution in [0.3, 0.4) is 0 Å². The SMILES string of the molecule is FC(F)(F)c1ccc(-c2noc(-c3cccc4ccccc34)n2)cc1. The van der Waals surface area contributed by atoms with Crippen molar-refractivity contribution in [3.8, 4) is 22.8 Å². The number of aromatic nitrogens is 2. The van der Waals surface area contributed by atoms with Crippen LogP contribution in [-0.4, -0.2) is 10.1 Å². The normalized spacial score (nSPS) is 11.8. The van der Waals surface area contributed by atoms with Crippen molar-refractivity contribution in [3.63, 3.8) is 0 Å². The standard InChI is InChI=1S/C19H11F3N2O/c20-19(21,22)14-10-8-13(9-11-14)17-23-18(25-24-17)16-7-3-5-12-4-1-2-6-15(12)16/h1-11H. The molecule has 0 aliphatic rings. The summed E-state index contributed by atoms with van der Waals surface area (Å²) in [5.74, 6) is 0.573. The molecule has 0 spiro atoms. The average molecular weight is 340 g/mol. The van der Waals surface area contributed by atoms with Crippen molar-refractivity contribution < 1.29 is 17.7 Å². The molecule has 0 amide bonds. The first-order valence-electron chi connectivity index (χ1n) is 7.52. The molecule has 4 aromatic rings. The van der Waals surface area contributed by atoms with E-state index in [2.05, 4.69) is 10.1 Å². The second kappa shape index (κ2) is 5.73. The van der Waals surface area contributed by atoms with Crippen LogP contribution in [0.4, 0.5) is 13.2 Å². The van der Waals surface area contributed by atoms with Crippen LogP contribution in [0.5, 0.6) is 0 Å². The summed E-state index contributed by atoms with van der Waals surface area (Å²) in [5.41, 5.74) is 0.529. The van der Waals surface area contributed by atoms with Gasteiger partial charge in [-0.25, -0.2) is 0 Å². The Balaban J connectivity index is 1.73. The van der Waals surface area contributed by atoms with E-state index >= 15 is 0 Å². The summed E-state index contributed by atoms with van der Waals surface area (Å²) in [6, 6.07) is 18.2. The highest BCUT2D eigenvalue weighted by Gasteiger charge is 2.30. The van der Waals surface area contributed by atoms with E-state index in [9.17, 15) is 13.2 Å². The smallest absolute Gasteiger partial charge is 0.334 e. The Hall–Kier alpha value is -3.15. The minimum Gasteiger partial charge on any atom is -0.334 e. The second-order valence-electron chi connectivity index (χ2n) is 5.52. The van der Waals surface area contributed by atoms with Gasteiger partial charge in [0.25, 0.3) is 5.89 Å². The monoisotopic (exact) mass is 340 g/mol. The Labute approximate surface area is 140 Å². The molecular weight excluding hydrogens is 329 g/mol. The summed E-state index contributed by atoms with van der Waals surface area (Å²) in [4.78, 5) is 4.33. The lowest BCUT2D eigenvalue weighted by atomic mass is 10.0. The van der Waals surface area contributed by atoms with Crippen molar-refractivity contribution in [3.05, 3.63) is 72.3 Å². The molecule has 1 heterocycles. The Morgan fingerprint density at radius 1 is 0.800 bits per heavy atom. The highest BCUT2D eigenvalue weighted by molar-refractivity contribution is 5.94. The largest absolute Gasteiger partial charge is 0.416 e. The highest BCUT2D eigenvalue weighted by atomic mass is 19.4. The maximum atomic E-state index is 12.6. The lowest BCUT2D eigenvalue weighted by Gasteiger charge is -2.05. The van der Waals surface area contributed by atoms with Crippen LogP contribution < -0.4 is 0 Å². The third-order valence-corrected chi connectivity index (χ3v) is 3.92. The molecule has 25 heavy (non-hydrogen) atoms. The zero-order chi connectivity index (χ0) is 17.4. The number of benzene rings is 3. The van der Waals surface area contributed by atoms with Gasteiger partial charge >= 0.3 is 6.18 Å². The number of alkyl halides is 3. The number of hydrogen-bond acceptors (Lipinski definition) is 3. The van der Waals surface area contributed by atoms with Gasteiger partial charge in [-0.15, -0.1) is 0 Å².